The van der Waals surface area contributed by atoms with Gasteiger partial charge in [-0.05, 0) is 49.2 Å². The fourth-order valence-corrected chi connectivity index (χ4v) is 3.45. The maximum atomic E-state index is 14.8. The molecule has 1 aromatic carbocycles. The van der Waals surface area contributed by atoms with Gasteiger partial charge in [0.15, 0.2) is 0 Å². The molecule has 0 radical (unpaired) electrons. The number of likely N-dealkylation sites (tertiary alicyclic amines) is 1. The van der Waals surface area contributed by atoms with Crippen LogP contribution in [0.2, 0.25) is 0 Å². The smallest absolute Gasteiger partial charge is 0.410 e. The van der Waals surface area contributed by atoms with Gasteiger partial charge in [0.25, 0.3) is 0 Å². The van der Waals surface area contributed by atoms with Gasteiger partial charge in [-0.3, -0.25) is 4.98 Å². The van der Waals surface area contributed by atoms with Crippen molar-refractivity contribution in [3.05, 3.63) is 28.6 Å². The summed E-state index contributed by atoms with van der Waals surface area (Å²) in [5.41, 5.74) is 6.67. The van der Waals surface area contributed by atoms with Crippen molar-refractivity contribution in [2.45, 2.75) is 45.0 Å². The molecule has 0 spiro atoms. The van der Waals surface area contributed by atoms with Gasteiger partial charge in [0.2, 0.25) is 0 Å². The van der Waals surface area contributed by atoms with Crippen molar-refractivity contribution in [3.63, 3.8) is 0 Å². The number of carbonyl (C=O) groups is 1. The normalized spacial score (nSPS) is 18.9. The molecule has 3 rings (SSSR count). The number of pyridine rings is 1. The molecule has 0 bridgehead atoms. The second-order valence-corrected chi connectivity index (χ2v) is 8.71. The molecule has 1 aliphatic rings. The van der Waals surface area contributed by atoms with Gasteiger partial charge in [-0.2, -0.15) is 27.0 Å². The van der Waals surface area contributed by atoms with E-state index in [2.05, 4.69) is 26.2 Å². The van der Waals surface area contributed by atoms with E-state index in [4.69, 9.17) is 10.5 Å². The van der Waals surface area contributed by atoms with Crippen LogP contribution in [0, 0.1) is 5.82 Å². The fraction of sp³-hybridized carbons (Fsp3) is 0.474. The number of halogens is 3. The number of rotatable bonds is 2. The first-order valence-electron chi connectivity index (χ1n) is 8.97. The molecular formula is C19H27BrF2N4O2S2. The standard InChI is InChI=1S/C19H23BrF2N4O2.2H2S/c1-19(2,3)28-18(27)26-5-4-15(13(22)9-26)25-17-10-6-11(20)12(21)7-16(10)24-8-14(17)23;;/h6-8,13,15H,4-5,9,23H2,1-3H3,(H,24,25);2*1H2/t13-,15-;;/m0../s1. The van der Waals surface area contributed by atoms with Crippen LogP contribution in [0.15, 0.2) is 22.8 Å². The molecule has 1 aromatic heterocycles. The molecule has 2 heterocycles. The lowest BCUT2D eigenvalue weighted by Crippen LogP contribution is -2.51. The number of amides is 1. The van der Waals surface area contributed by atoms with Crippen molar-refractivity contribution in [1.82, 2.24) is 9.88 Å². The number of ether oxygens (including phenoxy) is 1. The zero-order chi connectivity index (χ0) is 20.6. The summed E-state index contributed by atoms with van der Waals surface area (Å²) < 4.78 is 34.2. The molecule has 1 fully saturated rings. The molecule has 30 heavy (non-hydrogen) atoms. The van der Waals surface area contributed by atoms with Crippen LogP contribution in [0.25, 0.3) is 10.9 Å². The number of hydrogen-bond acceptors (Lipinski definition) is 5. The van der Waals surface area contributed by atoms with Gasteiger partial charge in [0, 0.05) is 18.0 Å². The van der Waals surface area contributed by atoms with Gasteiger partial charge in [-0.15, -0.1) is 0 Å². The Morgan fingerprint density at radius 1 is 1.37 bits per heavy atom. The van der Waals surface area contributed by atoms with Gasteiger partial charge >= 0.3 is 6.09 Å². The highest BCUT2D eigenvalue weighted by atomic mass is 79.9. The van der Waals surface area contributed by atoms with Crippen molar-refractivity contribution < 1.29 is 18.3 Å². The lowest BCUT2D eigenvalue weighted by molar-refractivity contribution is 0.0125. The van der Waals surface area contributed by atoms with Gasteiger partial charge in [0.05, 0.1) is 40.1 Å². The average molecular weight is 525 g/mol. The summed E-state index contributed by atoms with van der Waals surface area (Å²) >= 11 is 3.16. The minimum absolute atomic E-state index is 0. The molecule has 168 valence electrons. The van der Waals surface area contributed by atoms with E-state index in [1.165, 1.54) is 17.2 Å². The first-order valence-corrected chi connectivity index (χ1v) is 9.76. The molecule has 1 amide bonds. The Morgan fingerprint density at radius 3 is 2.63 bits per heavy atom. The number of alkyl halides is 1. The summed E-state index contributed by atoms with van der Waals surface area (Å²) in [7, 11) is 0. The molecule has 1 saturated heterocycles. The molecule has 1 aliphatic heterocycles. The van der Waals surface area contributed by atoms with Crippen LogP contribution in [0.3, 0.4) is 0 Å². The molecule has 11 heteroatoms. The third-order valence-corrected chi connectivity index (χ3v) is 5.07. The number of hydrogen-bond donors (Lipinski definition) is 2. The monoisotopic (exact) mass is 524 g/mol. The molecule has 2 aromatic rings. The molecule has 6 nitrogen and oxygen atoms in total. The SMILES string of the molecule is CC(C)(C)OC(=O)N1CC[C@H](Nc2c(N)cnc3cc(F)c(Br)cc23)[C@@H](F)C1.S.S. The van der Waals surface area contributed by atoms with Gasteiger partial charge < -0.3 is 20.7 Å². The Balaban J connectivity index is 0.00000225. The van der Waals surface area contributed by atoms with Crippen LogP contribution in [-0.2, 0) is 4.74 Å². The number of nitrogen functional groups attached to an aromatic ring is 1. The first kappa shape index (κ1) is 26.6. The lowest BCUT2D eigenvalue weighted by Gasteiger charge is -2.36. The number of benzene rings is 1. The summed E-state index contributed by atoms with van der Waals surface area (Å²) in [6.45, 7) is 5.58. The van der Waals surface area contributed by atoms with Crippen LogP contribution in [-0.4, -0.2) is 46.9 Å². The van der Waals surface area contributed by atoms with Gasteiger partial charge in [-0.25, -0.2) is 13.6 Å². The Morgan fingerprint density at radius 2 is 2.03 bits per heavy atom. The van der Waals surface area contributed by atoms with E-state index in [0.717, 1.165) is 0 Å². The van der Waals surface area contributed by atoms with Crippen molar-refractivity contribution in [2.75, 3.05) is 24.1 Å². The highest BCUT2D eigenvalue weighted by Crippen LogP contribution is 2.33. The van der Waals surface area contributed by atoms with Crippen LogP contribution in [0.1, 0.15) is 27.2 Å². The Hall–Kier alpha value is -1.46. The minimum Gasteiger partial charge on any atom is -0.444 e. The van der Waals surface area contributed by atoms with Crippen molar-refractivity contribution in [2.24, 2.45) is 0 Å². The Labute approximate surface area is 196 Å². The number of nitrogens with two attached hydrogens (primary N) is 1. The highest BCUT2D eigenvalue weighted by Gasteiger charge is 2.34. The highest BCUT2D eigenvalue weighted by molar-refractivity contribution is 9.10. The number of anilines is 2. The van der Waals surface area contributed by atoms with E-state index >= 15 is 0 Å². The van der Waals surface area contributed by atoms with E-state index in [-0.39, 0.29) is 38.0 Å². The fourth-order valence-electron chi connectivity index (χ4n) is 3.11. The van der Waals surface area contributed by atoms with E-state index in [0.29, 0.717) is 35.2 Å². The lowest BCUT2D eigenvalue weighted by atomic mass is 10.0. The second kappa shape index (κ2) is 10.2. The molecule has 0 unspecified atom stereocenters. The van der Waals surface area contributed by atoms with Crippen molar-refractivity contribution in [3.8, 4) is 0 Å². The maximum Gasteiger partial charge on any atom is 0.410 e. The quantitative estimate of drug-likeness (QED) is 0.594. The summed E-state index contributed by atoms with van der Waals surface area (Å²) in [4.78, 5) is 17.7. The predicted molar refractivity (Wildman–Crippen MR) is 129 cm³/mol. The molecular weight excluding hydrogens is 498 g/mol. The largest absolute Gasteiger partial charge is 0.444 e. The molecule has 0 aliphatic carbocycles. The Kier molecular flexibility index (Phi) is 9.06. The third-order valence-electron chi connectivity index (χ3n) is 4.46. The van der Waals surface area contributed by atoms with E-state index in [1.807, 2.05) is 0 Å². The number of piperidine rings is 1. The van der Waals surface area contributed by atoms with Crippen LogP contribution >= 0.6 is 42.9 Å². The predicted octanol–water partition coefficient (Wildman–Crippen LogP) is 4.70. The number of nitrogens with zero attached hydrogens (tertiary/aromatic N) is 2. The average Bonchev–Trinajstić information content (AvgIpc) is 2.59. The second-order valence-electron chi connectivity index (χ2n) is 7.85. The van der Waals surface area contributed by atoms with Crippen LogP contribution < -0.4 is 11.1 Å². The third kappa shape index (κ3) is 6.04. The van der Waals surface area contributed by atoms with E-state index in [9.17, 15) is 13.6 Å². The molecule has 0 saturated carbocycles. The van der Waals surface area contributed by atoms with E-state index < -0.39 is 29.7 Å². The zero-order valence-electron chi connectivity index (χ0n) is 16.9. The number of carbonyl (C=O) groups excluding carboxylic acids is 1. The molecule has 3 N–H and O–H groups in total. The van der Waals surface area contributed by atoms with Crippen molar-refractivity contribution >= 4 is 71.3 Å². The van der Waals surface area contributed by atoms with Crippen molar-refractivity contribution in [1.29, 1.82) is 0 Å². The van der Waals surface area contributed by atoms with Crippen LogP contribution in [0.4, 0.5) is 25.0 Å². The first-order chi connectivity index (χ1) is 13.0. The zero-order valence-corrected chi connectivity index (χ0v) is 20.5. The summed E-state index contributed by atoms with van der Waals surface area (Å²) in [5.74, 6) is -0.440. The summed E-state index contributed by atoms with van der Waals surface area (Å²) in [5, 5.41) is 3.73. The van der Waals surface area contributed by atoms with Crippen LogP contribution in [0.5, 0.6) is 0 Å². The Bertz CT molecular complexity index is 914. The summed E-state index contributed by atoms with van der Waals surface area (Å²) in [6.07, 6.45) is -0.0396. The maximum absolute atomic E-state index is 14.8. The molecule has 2 atom stereocenters. The number of fused-ring (bicyclic) bond motifs is 1. The number of aromatic nitrogens is 1. The topological polar surface area (TPSA) is 80.5 Å². The summed E-state index contributed by atoms with van der Waals surface area (Å²) in [6, 6.07) is 2.32. The van der Waals surface area contributed by atoms with Gasteiger partial charge in [-0.1, -0.05) is 0 Å². The minimum atomic E-state index is -1.31. The van der Waals surface area contributed by atoms with Gasteiger partial charge in [0.1, 0.15) is 17.6 Å². The van der Waals surface area contributed by atoms with E-state index in [1.54, 1.807) is 26.8 Å². The number of nitrogens with one attached hydrogen (secondary N) is 1.